The third-order valence-electron chi connectivity index (χ3n) is 6.62. The Hall–Kier alpha value is -3.32. The molecule has 0 unspecified atom stereocenters. The van der Waals surface area contributed by atoms with Gasteiger partial charge in [-0.15, -0.1) is 0 Å². The fraction of sp³-hybridized carbons (Fsp3) is 0.296. The summed E-state index contributed by atoms with van der Waals surface area (Å²) in [6.45, 7) is 3.74. The van der Waals surface area contributed by atoms with Gasteiger partial charge in [0, 0.05) is 0 Å². The van der Waals surface area contributed by atoms with E-state index in [4.69, 9.17) is 4.74 Å². The second-order valence-corrected chi connectivity index (χ2v) is 10.9. The van der Waals surface area contributed by atoms with Crippen molar-refractivity contribution in [3.63, 3.8) is 0 Å². The van der Waals surface area contributed by atoms with Gasteiger partial charge in [0.2, 0.25) is 0 Å². The van der Waals surface area contributed by atoms with Crippen molar-refractivity contribution in [3.05, 3.63) is 89.0 Å². The molecule has 0 saturated heterocycles. The number of nitrogens with one attached hydrogen (secondary N) is 1. The number of hydrogen-bond acceptors (Lipinski definition) is 4. The number of carbonyl (C=O) groups excluding carboxylic acids is 1. The molecule has 0 aromatic heterocycles. The van der Waals surface area contributed by atoms with E-state index in [-0.39, 0.29) is 23.4 Å². The lowest BCUT2D eigenvalue weighted by Gasteiger charge is -2.35. The first-order valence-electron chi connectivity index (χ1n) is 11.6. The number of para-hydroxylation sites is 2. The number of nitrogens with zero attached hydrogens (tertiary/aromatic N) is 1. The molecule has 0 saturated carbocycles. The lowest BCUT2D eigenvalue weighted by molar-refractivity contribution is -0.128. The molecule has 1 aliphatic carbocycles. The van der Waals surface area contributed by atoms with E-state index in [9.17, 15) is 13.2 Å². The van der Waals surface area contributed by atoms with Crippen molar-refractivity contribution in [1.82, 2.24) is 5.32 Å². The van der Waals surface area contributed by atoms with Gasteiger partial charge in [-0.05, 0) is 74.1 Å². The van der Waals surface area contributed by atoms with Crippen molar-refractivity contribution in [2.45, 2.75) is 50.2 Å². The van der Waals surface area contributed by atoms with Crippen LogP contribution in [-0.2, 0) is 27.7 Å². The fourth-order valence-electron chi connectivity index (χ4n) is 4.65. The van der Waals surface area contributed by atoms with E-state index in [1.54, 1.807) is 48.5 Å². The predicted molar refractivity (Wildman–Crippen MR) is 132 cm³/mol. The van der Waals surface area contributed by atoms with Gasteiger partial charge >= 0.3 is 0 Å². The molecule has 34 heavy (non-hydrogen) atoms. The van der Waals surface area contributed by atoms with Gasteiger partial charge in [-0.1, -0.05) is 48.0 Å². The minimum Gasteiger partial charge on any atom is -0.476 e. The van der Waals surface area contributed by atoms with Crippen molar-refractivity contribution in [2.75, 3.05) is 10.8 Å². The minimum absolute atomic E-state index is 0.101. The predicted octanol–water partition coefficient (Wildman–Crippen LogP) is 4.32. The van der Waals surface area contributed by atoms with Crippen molar-refractivity contribution in [2.24, 2.45) is 0 Å². The number of fused-ring (bicyclic) bond motifs is 2. The van der Waals surface area contributed by atoms with Crippen LogP contribution in [0.3, 0.4) is 0 Å². The van der Waals surface area contributed by atoms with E-state index in [0.717, 1.165) is 24.0 Å². The quantitative estimate of drug-likeness (QED) is 0.595. The number of anilines is 1. The molecule has 1 N–H and O–H groups in total. The Morgan fingerprint density at radius 2 is 1.76 bits per heavy atom. The minimum atomic E-state index is -3.87. The molecular weight excluding hydrogens is 448 g/mol. The first kappa shape index (κ1) is 22.5. The summed E-state index contributed by atoms with van der Waals surface area (Å²) in [7, 11) is -3.87. The lowest BCUT2D eigenvalue weighted by Crippen LogP contribution is -2.51. The molecule has 2 atom stereocenters. The maximum atomic E-state index is 13.5. The number of sulfonamides is 1. The Bertz CT molecular complexity index is 1330. The summed E-state index contributed by atoms with van der Waals surface area (Å²) < 4.78 is 34.3. The summed E-state index contributed by atoms with van der Waals surface area (Å²) in [6, 6.07) is 19.8. The Labute approximate surface area is 200 Å². The van der Waals surface area contributed by atoms with Gasteiger partial charge in [0.15, 0.2) is 6.10 Å². The van der Waals surface area contributed by atoms with Crippen LogP contribution in [0.2, 0.25) is 0 Å². The maximum absolute atomic E-state index is 13.5. The molecule has 0 radical (unpaired) electrons. The highest BCUT2D eigenvalue weighted by atomic mass is 32.2. The maximum Gasteiger partial charge on any atom is 0.264 e. The van der Waals surface area contributed by atoms with Gasteiger partial charge in [-0.2, -0.15) is 0 Å². The number of ether oxygens (including phenoxy) is 1. The van der Waals surface area contributed by atoms with Gasteiger partial charge in [0.1, 0.15) is 5.75 Å². The molecule has 0 spiro atoms. The first-order chi connectivity index (χ1) is 16.3. The van der Waals surface area contributed by atoms with Crippen LogP contribution in [0.5, 0.6) is 5.75 Å². The summed E-state index contributed by atoms with van der Waals surface area (Å²) in [5.74, 6) is 0.0291. The highest BCUT2D eigenvalue weighted by molar-refractivity contribution is 7.92. The Morgan fingerprint density at radius 3 is 2.56 bits per heavy atom. The van der Waals surface area contributed by atoms with Gasteiger partial charge in [0.05, 0.1) is 23.2 Å². The molecule has 3 aromatic carbocycles. The molecular formula is C27H28N2O4S. The number of carbonyl (C=O) groups is 1. The number of aryl methyl sites for hydroxylation is 3. The number of amides is 1. The van der Waals surface area contributed by atoms with Gasteiger partial charge in [-0.3, -0.25) is 9.10 Å². The van der Waals surface area contributed by atoms with E-state index in [0.29, 0.717) is 11.4 Å². The second kappa shape index (κ2) is 8.80. The summed E-state index contributed by atoms with van der Waals surface area (Å²) in [5, 5.41) is 3.02. The first-order valence-corrected chi connectivity index (χ1v) is 13.0. The molecule has 7 heteroatoms. The molecule has 6 nitrogen and oxygen atoms in total. The van der Waals surface area contributed by atoms with Crippen LogP contribution in [0.1, 0.15) is 41.6 Å². The summed E-state index contributed by atoms with van der Waals surface area (Å²) >= 11 is 0. The monoisotopic (exact) mass is 476 g/mol. The van der Waals surface area contributed by atoms with Gasteiger partial charge in [-0.25, -0.2) is 8.42 Å². The van der Waals surface area contributed by atoms with Crippen LogP contribution in [0.4, 0.5) is 5.69 Å². The van der Waals surface area contributed by atoms with Crippen LogP contribution in [0, 0.1) is 6.92 Å². The fourth-order valence-corrected chi connectivity index (χ4v) is 6.13. The number of benzene rings is 3. The van der Waals surface area contributed by atoms with E-state index in [1.165, 1.54) is 21.9 Å². The van der Waals surface area contributed by atoms with Crippen LogP contribution in [0.25, 0.3) is 0 Å². The van der Waals surface area contributed by atoms with Crippen LogP contribution in [-0.4, -0.2) is 27.0 Å². The van der Waals surface area contributed by atoms with E-state index in [1.807, 2.05) is 13.8 Å². The van der Waals surface area contributed by atoms with Gasteiger partial charge < -0.3 is 10.1 Å². The summed E-state index contributed by atoms with van der Waals surface area (Å²) in [4.78, 5) is 13.4. The van der Waals surface area contributed by atoms with Crippen molar-refractivity contribution < 1.29 is 17.9 Å². The Kier molecular flexibility index (Phi) is 5.81. The molecule has 5 rings (SSSR count). The topological polar surface area (TPSA) is 75.7 Å². The Balaban J connectivity index is 1.40. The molecule has 0 bridgehead atoms. The molecule has 176 valence electrons. The normalized spacial score (nSPS) is 17.9. The van der Waals surface area contributed by atoms with Crippen molar-refractivity contribution in [1.29, 1.82) is 0 Å². The number of hydrogen-bond donors (Lipinski definition) is 1. The zero-order chi connectivity index (χ0) is 23.9. The molecule has 0 fully saturated rings. The molecule has 2 aliphatic rings. The van der Waals surface area contributed by atoms with E-state index >= 15 is 0 Å². The van der Waals surface area contributed by atoms with E-state index in [2.05, 4.69) is 23.5 Å². The molecule has 1 aliphatic heterocycles. The average molecular weight is 477 g/mol. The third-order valence-corrected chi connectivity index (χ3v) is 8.41. The zero-order valence-electron chi connectivity index (χ0n) is 19.3. The third kappa shape index (κ3) is 4.16. The smallest absolute Gasteiger partial charge is 0.264 e. The summed E-state index contributed by atoms with van der Waals surface area (Å²) in [6.07, 6.45) is 2.38. The largest absolute Gasteiger partial charge is 0.476 e. The highest BCUT2D eigenvalue weighted by Crippen LogP contribution is 2.37. The molecule has 1 amide bonds. The molecule has 1 heterocycles. The Morgan fingerprint density at radius 1 is 1.03 bits per heavy atom. The standard InChI is InChI=1S/C27H28N2O4S/c1-18-10-14-23(15-11-18)34(31,32)29-17-26(33-25-9-4-3-8-24(25)29)27(30)28-19(2)21-13-12-20-6-5-7-22(20)16-21/h3-4,8-16,19,26H,5-7,17H2,1-2H3,(H,28,30)/t19-,26+/m0/s1. The van der Waals surface area contributed by atoms with Crippen molar-refractivity contribution >= 4 is 21.6 Å². The second-order valence-electron chi connectivity index (χ2n) is 9.04. The average Bonchev–Trinajstić information content (AvgIpc) is 3.31. The van der Waals surface area contributed by atoms with Crippen molar-refractivity contribution in [3.8, 4) is 5.75 Å². The van der Waals surface area contributed by atoms with Crippen LogP contribution in [0.15, 0.2) is 71.6 Å². The van der Waals surface area contributed by atoms with Gasteiger partial charge in [0.25, 0.3) is 15.9 Å². The summed E-state index contributed by atoms with van der Waals surface area (Å²) in [5.41, 5.74) is 5.16. The lowest BCUT2D eigenvalue weighted by atomic mass is 10.0. The zero-order valence-corrected chi connectivity index (χ0v) is 20.1. The SMILES string of the molecule is Cc1ccc(S(=O)(=O)N2C[C@H](C(=O)N[C@@H](C)c3ccc4c(c3)CCC4)Oc3ccccc32)cc1. The van der Waals surface area contributed by atoms with Crippen LogP contribution < -0.4 is 14.4 Å². The van der Waals surface area contributed by atoms with Crippen LogP contribution >= 0.6 is 0 Å². The highest BCUT2D eigenvalue weighted by Gasteiger charge is 2.37. The number of rotatable bonds is 5. The van der Waals surface area contributed by atoms with E-state index < -0.39 is 16.1 Å². The molecule has 3 aromatic rings.